The van der Waals surface area contributed by atoms with E-state index >= 15 is 0 Å². The minimum atomic E-state index is 0.458. The molecule has 0 heterocycles. The van der Waals surface area contributed by atoms with Gasteiger partial charge in [0.15, 0.2) is 0 Å². The molecular weight excluding hydrogens is 114 g/mol. The van der Waals surface area contributed by atoms with Gasteiger partial charge in [0.25, 0.3) is 0 Å². The van der Waals surface area contributed by atoms with E-state index in [1.54, 1.807) is 0 Å². The molecule has 46 valence electrons. The lowest BCUT2D eigenvalue weighted by molar-refractivity contribution is 0.830. The zero-order valence-electron chi connectivity index (χ0n) is 6.49. The third-order valence-electron chi connectivity index (χ3n) is 1.92. The van der Waals surface area contributed by atoms with Crippen LogP contribution < -0.4 is 0 Å². The average Bonchev–Trinajstić information content (AvgIpc) is 1.67. The minimum Gasteiger partial charge on any atom is -0.168 e. The molecule has 0 aliphatic heterocycles. The Morgan fingerprint density at radius 2 is 2.00 bits per heavy atom. The maximum Gasteiger partial charge on any atom is 0.121 e. The Bertz CT molecular complexity index is 70.8. The molecule has 0 bridgehead atoms. The molecule has 0 saturated heterocycles. The van der Waals surface area contributed by atoms with Crippen LogP contribution in [0.3, 0.4) is 0 Å². The maximum absolute atomic E-state index is 2.28. The Balaban J connectivity index is 3.71. The van der Waals surface area contributed by atoms with Crippen molar-refractivity contribution in [2.24, 2.45) is 0 Å². The first-order valence-electron chi connectivity index (χ1n) is 3.06. The second-order valence-corrected chi connectivity index (χ2v) is 4.42. The first-order valence-corrected chi connectivity index (χ1v) is 4.28. The molecule has 0 aromatic rings. The van der Waals surface area contributed by atoms with Crippen LogP contribution in [0, 0.1) is 0 Å². The van der Waals surface area contributed by atoms with E-state index in [-0.39, 0.29) is 0 Å². The molecule has 2 unspecified atom stereocenters. The van der Waals surface area contributed by atoms with Crippen LogP contribution in [0.25, 0.3) is 0 Å². The monoisotopic (exact) mass is 128 g/mol. The minimum absolute atomic E-state index is 0.458. The summed E-state index contributed by atoms with van der Waals surface area (Å²) in [6, 6.07) is 0. The second-order valence-electron chi connectivity index (χ2n) is 2.96. The summed E-state index contributed by atoms with van der Waals surface area (Å²) in [7, 11) is 4.54. The fraction of sp³-hybridized carbons (Fsp3) is 1.00. The first kappa shape index (κ1) is 8.48. The number of thioether (sulfide) groups is 1. The van der Waals surface area contributed by atoms with Crippen molar-refractivity contribution < 1.29 is 0 Å². The summed E-state index contributed by atoms with van der Waals surface area (Å²) >= 11 is 1.94. The Labute approximate surface area is 58.6 Å². The number of hydrogen-bond acceptors (Lipinski definition) is 1. The van der Waals surface area contributed by atoms with Gasteiger partial charge in [-0.1, -0.05) is 19.7 Å². The van der Waals surface area contributed by atoms with Crippen molar-refractivity contribution in [2.75, 3.05) is 6.26 Å². The highest BCUT2D eigenvalue weighted by Gasteiger charge is 2.19. The zero-order valence-corrected chi connectivity index (χ0v) is 7.30. The third kappa shape index (κ3) is 2.17. The Hall–Kier alpha value is 0.480. The molecule has 0 spiro atoms. The molecule has 0 aliphatic carbocycles. The molecular formula is C5H14B2S. The van der Waals surface area contributed by atoms with E-state index < -0.39 is 0 Å². The van der Waals surface area contributed by atoms with E-state index in [4.69, 9.17) is 0 Å². The molecule has 0 aliphatic rings. The Morgan fingerprint density at radius 1 is 1.62 bits per heavy atom. The van der Waals surface area contributed by atoms with Gasteiger partial charge in [0, 0.05) is 0 Å². The molecule has 3 heteroatoms. The van der Waals surface area contributed by atoms with Crippen LogP contribution in [-0.4, -0.2) is 26.6 Å². The summed E-state index contributed by atoms with van der Waals surface area (Å²) in [6.45, 7) is 4.54. The molecule has 0 nitrogen and oxygen atoms in total. The lowest BCUT2D eigenvalue weighted by Gasteiger charge is -2.26. The summed E-state index contributed by atoms with van der Waals surface area (Å²) < 4.78 is 0.458. The van der Waals surface area contributed by atoms with Gasteiger partial charge in [-0.15, -0.1) is 0 Å². The Morgan fingerprint density at radius 3 is 2.00 bits per heavy atom. The fourth-order valence-electron chi connectivity index (χ4n) is 0.236. The number of hydrogen-bond donors (Lipinski definition) is 0. The van der Waals surface area contributed by atoms with Gasteiger partial charge in [-0.25, -0.2) is 0 Å². The molecule has 0 aromatic heterocycles. The van der Waals surface area contributed by atoms with Gasteiger partial charge in [0.05, 0.1) is 0 Å². The highest BCUT2D eigenvalue weighted by molar-refractivity contribution is 8.01. The zero-order chi connectivity index (χ0) is 6.78. The van der Waals surface area contributed by atoms with Crippen LogP contribution in [0.15, 0.2) is 0 Å². The van der Waals surface area contributed by atoms with Crippen LogP contribution in [-0.2, 0) is 0 Å². The normalized spacial score (nSPS) is 21.9. The van der Waals surface area contributed by atoms with Gasteiger partial charge < -0.3 is 0 Å². The molecule has 8 heavy (non-hydrogen) atoms. The van der Waals surface area contributed by atoms with Crippen LogP contribution >= 0.6 is 11.8 Å². The van der Waals surface area contributed by atoms with Crippen molar-refractivity contribution >= 4 is 27.5 Å². The molecule has 0 saturated carbocycles. The highest BCUT2D eigenvalue weighted by Crippen LogP contribution is 2.28. The smallest absolute Gasteiger partial charge is 0.121 e. The van der Waals surface area contributed by atoms with Crippen molar-refractivity contribution in [3.05, 3.63) is 0 Å². The van der Waals surface area contributed by atoms with Gasteiger partial charge in [0.2, 0.25) is 0 Å². The molecule has 0 amide bonds. The molecule has 0 N–H and O–H groups in total. The average molecular weight is 128 g/mol. The van der Waals surface area contributed by atoms with Crippen LogP contribution in [0.2, 0.25) is 5.82 Å². The van der Waals surface area contributed by atoms with Gasteiger partial charge >= 0.3 is 0 Å². The van der Waals surface area contributed by atoms with Crippen LogP contribution in [0.4, 0.5) is 0 Å². The Kier molecular flexibility index (Phi) is 3.03. The highest BCUT2D eigenvalue weighted by atomic mass is 32.2. The molecule has 0 aromatic carbocycles. The third-order valence-corrected chi connectivity index (χ3v) is 3.44. The van der Waals surface area contributed by atoms with Crippen molar-refractivity contribution in [1.29, 1.82) is 0 Å². The standard InChI is InChI=1S/C5H14B2S/c1-4(6)5(2,7)8-3/h4H,6-7H2,1-3H3. The largest absolute Gasteiger partial charge is 0.168 e. The first-order chi connectivity index (χ1) is 3.50. The summed E-state index contributed by atoms with van der Waals surface area (Å²) in [5.74, 6) is 0.775. The van der Waals surface area contributed by atoms with Crippen LogP contribution in [0.1, 0.15) is 13.8 Å². The molecule has 0 radical (unpaired) electrons. The molecule has 0 fully saturated rings. The molecule has 0 rings (SSSR count). The summed E-state index contributed by atoms with van der Waals surface area (Å²) in [5, 5.41) is 0. The topological polar surface area (TPSA) is 0 Å². The quantitative estimate of drug-likeness (QED) is 0.476. The van der Waals surface area contributed by atoms with Crippen LogP contribution in [0.5, 0.6) is 0 Å². The van der Waals surface area contributed by atoms with Crippen molar-refractivity contribution in [2.45, 2.75) is 24.3 Å². The van der Waals surface area contributed by atoms with Gasteiger partial charge in [-0.3, -0.25) is 0 Å². The van der Waals surface area contributed by atoms with Crippen molar-refractivity contribution in [3.8, 4) is 0 Å². The summed E-state index contributed by atoms with van der Waals surface area (Å²) in [6.07, 6.45) is 2.17. The second kappa shape index (κ2) is 2.86. The predicted octanol–water partition coefficient (Wildman–Crippen LogP) is 0.140. The summed E-state index contributed by atoms with van der Waals surface area (Å²) in [5.41, 5.74) is 0. The van der Waals surface area contributed by atoms with Gasteiger partial charge in [0.1, 0.15) is 15.7 Å². The van der Waals surface area contributed by atoms with E-state index in [1.807, 2.05) is 11.8 Å². The van der Waals surface area contributed by atoms with E-state index in [0.29, 0.717) is 4.65 Å². The lowest BCUT2D eigenvalue weighted by Crippen LogP contribution is -2.24. The lowest BCUT2D eigenvalue weighted by atomic mass is 9.68. The van der Waals surface area contributed by atoms with Crippen molar-refractivity contribution in [3.63, 3.8) is 0 Å². The van der Waals surface area contributed by atoms with E-state index in [9.17, 15) is 0 Å². The fourth-order valence-corrected chi connectivity index (χ4v) is 0.707. The number of rotatable bonds is 2. The van der Waals surface area contributed by atoms with E-state index in [1.165, 1.54) is 0 Å². The predicted molar refractivity (Wildman–Crippen MR) is 48.4 cm³/mol. The van der Waals surface area contributed by atoms with Gasteiger partial charge in [-0.2, -0.15) is 11.8 Å². The molecule has 2 atom stereocenters. The van der Waals surface area contributed by atoms with Gasteiger partial charge in [-0.05, 0) is 10.9 Å². The SMILES string of the molecule is BC(C)C(B)(C)SC. The van der Waals surface area contributed by atoms with Crippen molar-refractivity contribution in [1.82, 2.24) is 0 Å². The summed E-state index contributed by atoms with van der Waals surface area (Å²) in [4.78, 5) is 0. The van der Waals surface area contributed by atoms with E-state index in [2.05, 4.69) is 35.8 Å². The maximum atomic E-state index is 2.28. The van der Waals surface area contributed by atoms with E-state index in [0.717, 1.165) is 5.82 Å².